The Hall–Kier alpha value is -0.120. The van der Waals surface area contributed by atoms with Crippen LogP contribution in [0.4, 0.5) is 0 Å². The topological polar surface area (TPSA) is 24.5 Å². The molecule has 0 aromatic carbocycles. The molecule has 0 amide bonds. The SMILES string of the molecule is CCCC1CNC(C)CN1CCCOC. The first-order valence-electron chi connectivity index (χ1n) is 6.24. The molecule has 15 heavy (non-hydrogen) atoms. The quantitative estimate of drug-likeness (QED) is 0.678. The molecule has 2 unspecified atom stereocenters. The molecule has 1 aliphatic heterocycles. The van der Waals surface area contributed by atoms with Crippen molar-refractivity contribution in [2.45, 2.75) is 45.2 Å². The Bertz CT molecular complexity index is 164. The van der Waals surface area contributed by atoms with Crippen LogP contribution < -0.4 is 5.32 Å². The average Bonchev–Trinajstić information content (AvgIpc) is 2.22. The summed E-state index contributed by atoms with van der Waals surface area (Å²) < 4.78 is 5.11. The van der Waals surface area contributed by atoms with Crippen molar-refractivity contribution in [1.29, 1.82) is 0 Å². The van der Waals surface area contributed by atoms with Gasteiger partial charge in [-0.05, 0) is 19.8 Å². The first kappa shape index (κ1) is 12.9. The van der Waals surface area contributed by atoms with Gasteiger partial charge in [-0.3, -0.25) is 4.90 Å². The van der Waals surface area contributed by atoms with E-state index in [0.29, 0.717) is 6.04 Å². The molecule has 1 aliphatic rings. The summed E-state index contributed by atoms with van der Waals surface area (Å²) in [4.78, 5) is 2.63. The van der Waals surface area contributed by atoms with E-state index in [-0.39, 0.29) is 0 Å². The third-order valence-electron chi connectivity index (χ3n) is 3.14. The van der Waals surface area contributed by atoms with E-state index in [1.807, 2.05) is 0 Å². The van der Waals surface area contributed by atoms with Crippen LogP contribution >= 0.6 is 0 Å². The maximum Gasteiger partial charge on any atom is 0.0474 e. The number of methoxy groups -OCH3 is 1. The van der Waals surface area contributed by atoms with Gasteiger partial charge in [0.1, 0.15) is 0 Å². The van der Waals surface area contributed by atoms with Crippen molar-refractivity contribution in [2.75, 3.05) is 33.4 Å². The first-order chi connectivity index (χ1) is 7.27. The van der Waals surface area contributed by atoms with Gasteiger partial charge in [0.2, 0.25) is 0 Å². The van der Waals surface area contributed by atoms with Crippen molar-refractivity contribution >= 4 is 0 Å². The lowest BCUT2D eigenvalue weighted by molar-refractivity contribution is 0.108. The number of hydrogen-bond acceptors (Lipinski definition) is 3. The second-order valence-corrected chi connectivity index (χ2v) is 4.59. The Morgan fingerprint density at radius 2 is 2.27 bits per heavy atom. The third kappa shape index (κ3) is 4.49. The fourth-order valence-electron chi connectivity index (χ4n) is 2.34. The van der Waals surface area contributed by atoms with Crippen LogP contribution in [0.5, 0.6) is 0 Å². The smallest absolute Gasteiger partial charge is 0.0474 e. The molecule has 0 radical (unpaired) electrons. The third-order valence-corrected chi connectivity index (χ3v) is 3.14. The molecule has 0 aliphatic carbocycles. The van der Waals surface area contributed by atoms with Gasteiger partial charge in [0, 0.05) is 45.4 Å². The molecule has 3 nitrogen and oxygen atoms in total. The number of piperazine rings is 1. The highest BCUT2D eigenvalue weighted by atomic mass is 16.5. The van der Waals surface area contributed by atoms with Crippen LogP contribution in [0.25, 0.3) is 0 Å². The zero-order valence-corrected chi connectivity index (χ0v) is 10.5. The normalized spacial score (nSPS) is 28.2. The number of hydrogen-bond donors (Lipinski definition) is 1. The molecule has 1 heterocycles. The average molecular weight is 214 g/mol. The number of nitrogens with zero attached hydrogens (tertiary/aromatic N) is 1. The highest BCUT2D eigenvalue weighted by Crippen LogP contribution is 2.12. The maximum atomic E-state index is 5.11. The van der Waals surface area contributed by atoms with Crippen LogP contribution in [0.1, 0.15) is 33.1 Å². The zero-order valence-electron chi connectivity index (χ0n) is 10.5. The van der Waals surface area contributed by atoms with Crippen molar-refractivity contribution in [2.24, 2.45) is 0 Å². The van der Waals surface area contributed by atoms with E-state index in [1.54, 1.807) is 7.11 Å². The van der Waals surface area contributed by atoms with Gasteiger partial charge in [-0.1, -0.05) is 13.3 Å². The molecule has 0 saturated carbocycles. The number of rotatable bonds is 6. The maximum absolute atomic E-state index is 5.11. The van der Waals surface area contributed by atoms with Crippen molar-refractivity contribution in [3.8, 4) is 0 Å². The van der Waals surface area contributed by atoms with Crippen LogP contribution in [0.3, 0.4) is 0 Å². The summed E-state index contributed by atoms with van der Waals surface area (Å²) in [6, 6.07) is 1.38. The van der Waals surface area contributed by atoms with E-state index in [9.17, 15) is 0 Å². The van der Waals surface area contributed by atoms with Gasteiger partial charge in [-0.15, -0.1) is 0 Å². The molecular weight excluding hydrogens is 188 g/mol. The lowest BCUT2D eigenvalue weighted by Gasteiger charge is -2.39. The molecule has 0 aromatic heterocycles. The molecular formula is C12H26N2O. The van der Waals surface area contributed by atoms with Gasteiger partial charge < -0.3 is 10.1 Å². The highest BCUT2D eigenvalue weighted by Gasteiger charge is 2.24. The summed E-state index contributed by atoms with van der Waals surface area (Å²) in [6.45, 7) is 8.95. The number of nitrogens with one attached hydrogen (secondary N) is 1. The van der Waals surface area contributed by atoms with Crippen LogP contribution in [0.15, 0.2) is 0 Å². The Labute approximate surface area is 94.2 Å². The summed E-state index contributed by atoms with van der Waals surface area (Å²) in [5.74, 6) is 0. The Kier molecular flexibility index (Phi) is 6.22. The molecule has 3 heteroatoms. The van der Waals surface area contributed by atoms with E-state index >= 15 is 0 Å². The fourth-order valence-corrected chi connectivity index (χ4v) is 2.34. The summed E-state index contributed by atoms with van der Waals surface area (Å²) in [5, 5.41) is 3.56. The van der Waals surface area contributed by atoms with Gasteiger partial charge in [0.15, 0.2) is 0 Å². The van der Waals surface area contributed by atoms with Gasteiger partial charge in [0.25, 0.3) is 0 Å². The standard InChI is InChI=1S/C12H26N2O/c1-4-6-12-9-13-11(2)10-14(12)7-5-8-15-3/h11-13H,4-10H2,1-3H3. The molecule has 1 saturated heterocycles. The van der Waals surface area contributed by atoms with E-state index in [1.165, 1.54) is 25.9 Å². The van der Waals surface area contributed by atoms with Crippen LogP contribution in [0, 0.1) is 0 Å². The van der Waals surface area contributed by atoms with Crippen LogP contribution in [0.2, 0.25) is 0 Å². The summed E-state index contributed by atoms with van der Waals surface area (Å²) in [7, 11) is 1.78. The predicted octanol–water partition coefficient (Wildman–Crippen LogP) is 1.49. The fraction of sp³-hybridized carbons (Fsp3) is 1.00. The van der Waals surface area contributed by atoms with Gasteiger partial charge in [-0.2, -0.15) is 0 Å². The van der Waals surface area contributed by atoms with E-state index in [4.69, 9.17) is 4.74 Å². The highest BCUT2D eigenvalue weighted by molar-refractivity contribution is 4.83. The van der Waals surface area contributed by atoms with Crippen LogP contribution in [-0.2, 0) is 4.74 Å². The molecule has 1 fully saturated rings. The Balaban J connectivity index is 2.32. The minimum atomic E-state index is 0.639. The van der Waals surface area contributed by atoms with Crippen molar-refractivity contribution in [3.05, 3.63) is 0 Å². The van der Waals surface area contributed by atoms with E-state index < -0.39 is 0 Å². The minimum absolute atomic E-state index is 0.639. The van der Waals surface area contributed by atoms with Crippen molar-refractivity contribution in [3.63, 3.8) is 0 Å². The van der Waals surface area contributed by atoms with Crippen LogP contribution in [-0.4, -0.2) is 50.3 Å². The first-order valence-corrected chi connectivity index (χ1v) is 6.24. The Morgan fingerprint density at radius 1 is 1.47 bits per heavy atom. The molecule has 1 rings (SSSR count). The molecule has 0 spiro atoms. The largest absolute Gasteiger partial charge is 0.385 e. The van der Waals surface area contributed by atoms with Crippen molar-refractivity contribution < 1.29 is 4.74 Å². The number of ether oxygens (including phenoxy) is 1. The second kappa shape index (κ2) is 7.20. The van der Waals surface area contributed by atoms with Gasteiger partial charge >= 0.3 is 0 Å². The van der Waals surface area contributed by atoms with Gasteiger partial charge in [-0.25, -0.2) is 0 Å². The Morgan fingerprint density at radius 3 is 2.93 bits per heavy atom. The molecule has 90 valence electrons. The zero-order chi connectivity index (χ0) is 11.1. The second-order valence-electron chi connectivity index (χ2n) is 4.59. The molecule has 0 bridgehead atoms. The minimum Gasteiger partial charge on any atom is -0.385 e. The molecule has 1 N–H and O–H groups in total. The summed E-state index contributed by atoms with van der Waals surface area (Å²) in [5.41, 5.74) is 0. The monoisotopic (exact) mass is 214 g/mol. The lowest BCUT2D eigenvalue weighted by atomic mass is 10.1. The van der Waals surface area contributed by atoms with Crippen molar-refractivity contribution in [1.82, 2.24) is 10.2 Å². The lowest BCUT2D eigenvalue weighted by Crippen LogP contribution is -2.55. The van der Waals surface area contributed by atoms with Gasteiger partial charge in [0.05, 0.1) is 0 Å². The van der Waals surface area contributed by atoms with E-state index in [0.717, 1.165) is 25.6 Å². The molecule has 2 atom stereocenters. The summed E-state index contributed by atoms with van der Waals surface area (Å²) >= 11 is 0. The molecule has 0 aromatic rings. The summed E-state index contributed by atoms with van der Waals surface area (Å²) in [6.07, 6.45) is 3.75. The predicted molar refractivity (Wildman–Crippen MR) is 64.2 cm³/mol. The van der Waals surface area contributed by atoms with E-state index in [2.05, 4.69) is 24.1 Å².